The van der Waals surface area contributed by atoms with Crippen LogP contribution in [-0.4, -0.2) is 64.9 Å². The number of rotatable bonds is 3. The molecule has 1 aliphatic carbocycles. The fourth-order valence-corrected chi connectivity index (χ4v) is 4.77. The third kappa shape index (κ3) is 2.76. The Morgan fingerprint density at radius 2 is 1.71 bits per heavy atom. The van der Waals surface area contributed by atoms with Crippen molar-refractivity contribution in [3.05, 3.63) is 36.2 Å². The van der Waals surface area contributed by atoms with Gasteiger partial charge in [-0.3, -0.25) is 9.78 Å². The Kier molecular flexibility index (Phi) is 3.73. The van der Waals surface area contributed by atoms with Crippen molar-refractivity contribution in [2.45, 2.75) is 18.1 Å². The van der Waals surface area contributed by atoms with Crippen molar-refractivity contribution in [3.8, 4) is 0 Å². The molecule has 1 saturated heterocycles. The van der Waals surface area contributed by atoms with Crippen LogP contribution in [0, 0.1) is 0 Å². The summed E-state index contributed by atoms with van der Waals surface area (Å²) in [7, 11) is -3.16. The number of fused-ring (bicyclic) bond motifs is 1. The fourth-order valence-electron chi connectivity index (χ4n) is 2.94. The Morgan fingerprint density at radius 1 is 1.04 bits per heavy atom. The predicted molar refractivity (Wildman–Crippen MR) is 89.0 cm³/mol. The largest absolute Gasteiger partial charge is 0.335 e. The van der Waals surface area contributed by atoms with Gasteiger partial charge in [-0.2, -0.15) is 4.31 Å². The molecule has 24 heavy (non-hydrogen) atoms. The molecule has 126 valence electrons. The minimum atomic E-state index is -3.16. The van der Waals surface area contributed by atoms with Crippen LogP contribution in [0.3, 0.4) is 0 Å². The highest BCUT2D eigenvalue weighted by molar-refractivity contribution is 7.90. The number of carbonyl (C=O) groups is 1. The smallest absolute Gasteiger partial charge is 0.274 e. The van der Waals surface area contributed by atoms with Crippen LogP contribution < -0.4 is 0 Å². The van der Waals surface area contributed by atoms with Crippen LogP contribution in [0.4, 0.5) is 0 Å². The van der Waals surface area contributed by atoms with Gasteiger partial charge in [0, 0.05) is 26.2 Å². The van der Waals surface area contributed by atoms with Gasteiger partial charge in [-0.25, -0.2) is 13.4 Å². The fraction of sp³-hybridized carbons (Fsp3) is 0.438. The van der Waals surface area contributed by atoms with Gasteiger partial charge in [0.1, 0.15) is 5.69 Å². The summed E-state index contributed by atoms with van der Waals surface area (Å²) in [6.07, 6.45) is 3.00. The molecule has 4 rings (SSSR count). The summed E-state index contributed by atoms with van der Waals surface area (Å²) in [4.78, 5) is 22.9. The number of benzene rings is 1. The van der Waals surface area contributed by atoms with Crippen molar-refractivity contribution in [1.29, 1.82) is 0 Å². The first-order valence-electron chi connectivity index (χ1n) is 8.06. The average Bonchev–Trinajstić information content (AvgIpc) is 3.46. The van der Waals surface area contributed by atoms with Crippen LogP contribution in [0.1, 0.15) is 23.3 Å². The summed E-state index contributed by atoms with van der Waals surface area (Å²) in [5.74, 6) is -0.197. The van der Waals surface area contributed by atoms with Crippen molar-refractivity contribution in [1.82, 2.24) is 19.2 Å². The van der Waals surface area contributed by atoms with E-state index in [1.54, 1.807) is 4.90 Å². The quantitative estimate of drug-likeness (QED) is 0.824. The van der Waals surface area contributed by atoms with Gasteiger partial charge in [-0.05, 0) is 25.0 Å². The Hall–Kier alpha value is -2.06. The summed E-state index contributed by atoms with van der Waals surface area (Å²) in [5.41, 5.74) is 1.72. The maximum absolute atomic E-state index is 12.6. The molecule has 1 saturated carbocycles. The van der Waals surface area contributed by atoms with E-state index in [-0.39, 0.29) is 11.2 Å². The molecule has 2 heterocycles. The van der Waals surface area contributed by atoms with E-state index in [9.17, 15) is 13.2 Å². The van der Waals surface area contributed by atoms with Gasteiger partial charge >= 0.3 is 0 Å². The van der Waals surface area contributed by atoms with Crippen LogP contribution in [0.25, 0.3) is 11.0 Å². The van der Waals surface area contributed by atoms with E-state index in [1.807, 2.05) is 24.3 Å². The zero-order valence-corrected chi connectivity index (χ0v) is 13.9. The van der Waals surface area contributed by atoms with Gasteiger partial charge in [-0.1, -0.05) is 12.1 Å². The van der Waals surface area contributed by atoms with Crippen molar-refractivity contribution >= 4 is 27.0 Å². The molecule has 8 heteroatoms. The molecule has 0 radical (unpaired) electrons. The van der Waals surface area contributed by atoms with E-state index < -0.39 is 10.0 Å². The average molecular weight is 346 g/mol. The number of piperazine rings is 1. The number of nitrogens with zero attached hydrogens (tertiary/aromatic N) is 4. The van der Waals surface area contributed by atoms with E-state index >= 15 is 0 Å². The molecule has 1 aromatic carbocycles. The molecule has 2 fully saturated rings. The third-order valence-electron chi connectivity index (χ3n) is 4.50. The molecule has 0 spiro atoms. The standard InChI is InChI=1S/C16H18N4O3S/c21-16(15-11-17-13-3-1-2-4-14(13)18-15)19-7-9-20(10-8-19)24(22,23)12-5-6-12/h1-4,11-12H,5-10H2. The lowest BCUT2D eigenvalue weighted by atomic mass is 10.2. The first-order chi connectivity index (χ1) is 11.6. The molecule has 0 bridgehead atoms. The number of amides is 1. The second-order valence-electron chi connectivity index (χ2n) is 6.18. The molecule has 0 atom stereocenters. The Morgan fingerprint density at radius 3 is 2.38 bits per heavy atom. The summed E-state index contributed by atoms with van der Waals surface area (Å²) in [6.45, 7) is 1.48. The highest BCUT2D eigenvalue weighted by atomic mass is 32.2. The van der Waals surface area contributed by atoms with Gasteiger partial charge in [0.2, 0.25) is 10.0 Å². The summed E-state index contributed by atoms with van der Waals surface area (Å²) < 4.78 is 26.0. The molecular weight excluding hydrogens is 328 g/mol. The minimum Gasteiger partial charge on any atom is -0.335 e. The molecule has 2 aliphatic rings. The number of aromatic nitrogens is 2. The van der Waals surface area contributed by atoms with Gasteiger partial charge in [0.15, 0.2) is 0 Å². The number of para-hydroxylation sites is 2. The second kappa shape index (κ2) is 5.78. The molecule has 1 amide bonds. The van der Waals surface area contributed by atoms with Gasteiger partial charge in [0.25, 0.3) is 5.91 Å². The number of hydrogen-bond acceptors (Lipinski definition) is 5. The third-order valence-corrected chi connectivity index (χ3v) is 6.90. The summed E-state index contributed by atoms with van der Waals surface area (Å²) in [5, 5.41) is -0.203. The van der Waals surface area contributed by atoms with Crippen molar-refractivity contribution in [3.63, 3.8) is 0 Å². The van der Waals surface area contributed by atoms with Crippen LogP contribution in [-0.2, 0) is 10.0 Å². The topological polar surface area (TPSA) is 83.5 Å². The van der Waals surface area contributed by atoms with Crippen LogP contribution >= 0.6 is 0 Å². The molecule has 1 aromatic heterocycles. The zero-order chi connectivity index (χ0) is 16.7. The molecule has 0 unspecified atom stereocenters. The zero-order valence-electron chi connectivity index (χ0n) is 13.1. The van der Waals surface area contributed by atoms with E-state index in [1.165, 1.54) is 10.5 Å². The first kappa shape index (κ1) is 15.5. The van der Waals surface area contributed by atoms with Crippen LogP contribution in [0.15, 0.2) is 30.5 Å². The highest BCUT2D eigenvalue weighted by Crippen LogP contribution is 2.31. The van der Waals surface area contributed by atoms with E-state index in [4.69, 9.17) is 0 Å². The Labute approximate surface area is 140 Å². The monoisotopic (exact) mass is 346 g/mol. The van der Waals surface area contributed by atoms with Gasteiger partial charge < -0.3 is 4.90 Å². The number of hydrogen-bond donors (Lipinski definition) is 0. The minimum absolute atomic E-state index is 0.197. The van der Waals surface area contributed by atoms with E-state index in [0.717, 1.165) is 18.4 Å². The SMILES string of the molecule is O=C(c1cnc2ccccc2n1)N1CCN(S(=O)(=O)C2CC2)CC1. The molecule has 2 aromatic rings. The predicted octanol–water partition coefficient (Wildman–Crippen LogP) is 0.880. The van der Waals surface area contributed by atoms with Gasteiger partial charge in [0.05, 0.1) is 22.5 Å². The normalized spacial score (nSPS) is 19.6. The lowest BCUT2D eigenvalue weighted by Crippen LogP contribution is -2.51. The lowest BCUT2D eigenvalue weighted by molar-refractivity contribution is 0.0692. The van der Waals surface area contributed by atoms with Crippen LogP contribution in [0.2, 0.25) is 0 Å². The molecule has 0 N–H and O–H groups in total. The summed E-state index contributed by atoms with van der Waals surface area (Å²) in [6, 6.07) is 7.39. The van der Waals surface area contributed by atoms with Crippen molar-refractivity contribution < 1.29 is 13.2 Å². The Balaban J connectivity index is 1.47. The lowest BCUT2D eigenvalue weighted by Gasteiger charge is -2.33. The van der Waals surface area contributed by atoms with E-state index in [0.29, 0.717) is 37.4 Å². The van der Waals surface area contributed by atoms with Crippen LogP contribution in [0.5, 0.6) is 0 Å². The maximum Gasteiger partial charge on any atom is 0.274 e. The van der Waals surface area contributed by atoms with Gasteiger partial charge in [-0.15, -0.1) is 0 Å². The number of carbonyl (C=O) groups excluding carboxylic acids is 1. The maximum atomic E-state index is 12.6. The van der Waals surface area contributed by atoms with Crippen molar-refractivity contribution in [2.75, 3.05) is 26.2 Å². The molecule has 1 aliphatic heterocycles. The molecular formula is C16H18N4O3S. The number of sulfonamides is 1. The molecule has 7 nitrogen and oxygen atoms in total. The summed E-state index contributed by atoms with van der Waals surface area (Å²) >= 11 is 0. The second-order valence-corrected chi connectivity index (χ2v) is 8.39. The van der Waals surface area contributed by atoms with E-state index in [2.05, 4.69) is 9.97 Å². The first-order valence-corrected chi connectivity index (χ1v) is 9.56. The highest BCUT2D eigenvalue weighted by Gasteiger charge is 2.41. The Bertz CT molecular complexity index is 887. The van der Waals surface area contributed by atoms with Crippen molar-refractivity contribution in [2.24, 2.45) is 0 Å².